The van der Waals surface area contributed by atoms with Crippen molar-refractivity contribution >= 4 is 12.0 Å². The smallest absolute Gasteiger partial charge is 0.326 e. The number of carbonyl (C=O) groups is 2. The number of likely N-dealkylation sites (tertiary alicyclic amines) is 1. The number of aliphatic hydroxyl groups is 2. The summed E-state index contributed by atoms with van der Waals surface area (Å²) in [5, 5.41) is 27.1. The van der Waals surface area contributed by atoms with Crippen LogP contribution in [-0.2, 0) is 4.79 Å². The van der Waals surface area contributed by atoms with Gasteiger partial charge in [0.2, 0.25) is 0 Å². The lowest BCUT2D eigenvalue weighted by atomic mass is 10.2. The summed E-state index contributed by atoms with van der Waals surface area (Å²) in [4.78, 5) is 24.4. The number of rotatable bonds is 5. The summed E-state index contributed by atoms with van der Waals surface area (Å²) in [6.45, 7) is -1.94. The molecular weight excluding hydrogens is 266 g/mol. The Morgan fingerprint density at radius 1 is 1.42 bits per heavy atom. The maximum absolute atomic E-state index is 12.3. The molecule has 1 aliphatic rings. The zero-order chi connectivity index (χ0) is 14.6. The van der Waals surface area contributed by atoms with E-state index in [9.17, 15) is 23.5 Å². The van der Waals surface area contributed by atoms with Gasteiger partial charge in [0.1, 0.15) is 6.04 Å². The number of β-amino-alcohol motifs (C(OH)–C–C–N with tert-alkyl or cyclic N) is 1. The molecular formula is C10H16F2N2O5. The number of aliphatic hydroxyl groups excluding tert-OH is 2. The van der Waals surface area contributed by atoms with Gasteiger partial charge in [-0.1, -0.05) is 0 Å². The monoisotopic (exact) mass is 282 g/mol. The van der Waals surface area contributed by atoms with Gasteiger partial charge in [0, 0.05) is 19.5 Å². The number of carboxylic acids is 1. The van der Waals surface area contributed by atoms with Crippen LogP contribution in [0.15, 0.2) is 0 Å². The first-order chi connectivity index (χ1) is 8.86. The standard InChI is InChI=1S/C10H16F2N2O5/c11-8(12)5-13(1-2-15)10(19)14-4-6(16)3-7(14)9(17)18/h6-8,15-16H,1-5H2,(H,17,18)/t6-,7-/m1/s1. The van der Waals surface area contributed by atoms with E-state index >= 15 is 0 Å². The molecule has 1 rings (SSSR count). The molecule has 0 radical (unpaired) electrons. The number of carboxylic acid groups (broad SMARTS) is 1. The van der Waals surface area contributed by atoms with Crippen LogP contribution in [0.5, 0.6) is 0 Å². The summed E-state index contributed by atoms with van der Waals surface area (Å²) >= 11 is 0. The van der Waals surface area contributed by atoms with E-state index in [-0.39, 0.29) is 19.5 Å². The zero-order valence-electron chi connectivity index (χ0n) is 10.1. The number of carbonyl (C=O) groups excluding carboxylic acids is 1. The number of halogens is 2. The van der Waals surface area contributed by atoms with Gasteiger partial charge in [0.25, 0.3) is 6.43 Å². The second kappa shape index (κ2) is 6.62. The number of hydrogen-bond acceptors (Lipinski definition) is 4. The third-order valence-corrected chi connectivity index (χ3v) is 2.81. The van der Waals surface area contributed by atoms with Crippen LogP contribution in [0.4, 0.5) is 13.6 Å². The van der Waals surface area contributed by atoms with E-state index in [1.165, 1.54) is 0 Å². The highest BCUT2D eigenvalue weighted by atomic mass is 19.3. The topological polar surface area (TPSA) is 101 Å². The molecule has 1 heterocycles. The first kappa shape index (κ1) is 15.6. The highest BCUT2D eigenvalue weighted by Crippen LogP contribution is 2.20. The molecule has 2 atom stereocenters. The fourth-order valence-corrected chi connectivity index (χ4v) is 1.99. The molecule has 7 nitrogen and oxygen atoms in total. The molecule has 9 heteroatoms. The van der Waals surface area contributed by atoms with Crippen LogP contribution in [-0.4, -0.2) is 81.9 Å². The lowest BCUT2D eigenvalue weighted by Gasteiger charge is -2.29. The van der Waals surface area contributed by atoms with E-state index in [0.29, 0.717) is 4.90 Å². The van der Waals surface area contributed by atoms with Gasteiger partial charge in [0.05, 0.1) is 19.3 Å². The quantitative estimate of drug-likeness (QED) is 0.612. The Labute approximate surface area is 108 Å². The fourth-order valence-electron chi connectivity index (χ4n) is 1.99. The van der Waals surface area contributed by atoms with Crippen LogP contribution < -0.4 is 0 Å². The molecule has 2 amide bonds. The first-order valence-electron chi connectivity index (χ1n) is 5.72. The largest absolute Gasteiger partial charge is 0.480 e. The second-order valence-corrected chi connectivity index (χ2v) is 4.24. The average Bonchev–Trinajstić information content (AvgIpc) is 2.69. The van der Waals surface area contributed by atoms with E-state index in [2.05, 4.69) is 0 Å². The Balaban J connectivity index is 2.79. The van der Waals surface area contributed by atoms with Crippen LogP contribution in [0.25, 0.3) is 0 Å². The highest BCUT2D eigenvalue weighted by Gasteiger charge is 2.40. The summed E-state index contributed by atoms with van der Waals surface area (Å²) in [5.74, 6) is -1.30. The molecule has 110 valence electrons. The van der Waals surface area contributed by atoms with Crippen molar-refractivity contribution in [2.75, 3.05) is 26.2 Å². The lowest BCUT2D eigenvalue weighted by molar-refractivity contribution is -0.141. The molecule has 0 aromatic rings. The van der Waals surface area contributed by atoms with Crippen molar-refractivity contribution in [3.63, 3.8) is 0 Å². The van der Waals surface area contributed by atoms with Crippen LogP contribution in [0, 0.1) is 0 Å². The van der Waals surface area contributed by atoms with Crippen molar-refractivity contribution in [3.8, 4) is 0 Å². The first-order valence-corrected chi connectivity index (χ1v) is 5.72. The van der Waals surface area contributed by atoms with Gasteiger partial charge in [-0.2, -0.15) is 0 Å². The van der Waals surface area contributed by atoms with Crippen LogP contribution in [0.2, 0.25) is 0 Å². The molecule has 0 bridgehead atoms. The highest BCUT2D eigenvalue weighted by molar-refractivity contribution is 5.83. The normalized spacial score (nSPS) is 22.9. The van der Waals surface area contributed by atoms with E-state index in [1.54, 1.807) is 0 Å². The zero-order valence-corrected chi connectivity index (χ0v) is 10.1. The maximum atomic E-state index is 12.3. The SMILES string of the molecule is O=C(O)[C@H]1C[C@@H](O)CN1C(=O)N(CCO)CC(F)F. The lowest BCUT2D eigenvalue weighted by Crippen LogP contribution is -2.50. The molecule has 1 aliphatic heterocycles. The van der Waals surface area contributed by atoms with Gasteiger partial charge >= 0.3 is 12.0 Å². The number of hydrogen-bond donors (Lipinski definition) is 3. The minimum absolute atomic E-state index is 0.136. The van der Waals surface area contributed by atoms with Crippen LogP contribution in [0.3, 0.4) is 0 Å². The van der Waals surface area contributed by atoms with Gasteiger partial charge in [-0.25, -0.2) is 18.4 Å². The van der Waals surface area contributed by atoms with E-state index in [1.807, 2.05) is 0 Å². The van der Waals surface area contributed by atoms with Crippen molar-refractivity contribution in [1.82, 2.24) is 9.80 Å². The molecule has 0 aromatic heterocycles. The number of nitrogens with zero attached hydrogens (tertiary/aromatic N) is 2. The minimum Gasteiger partial charge on any atom is -0.480 e. The van der Waals surface area contributed by atoms with Crippen LogP contribution in [0.1, 0.15) is 6.42 Å². The molecule has 0 unspecified atom stereocenters. The fraction of sp³-hybridized carbons (Fsp3) is 0.800. The molecule has 0 saturated carbocycles. The van der Waals surface area contributed by atoms with Gasteiger partial charge in [-0.05, 0) is 0 Å². The number of alkyl halides is 2. The Morgan fingerprint density at radius 2 is 2.05 bits per heavy atom. The predicted molar refractivity (Wildman–Crippen MR) is 58.8 cm³/mol. The Morgan fingerprint density at radius 3 is 2.53 bits per heavy atom. The van der Waals surface area contributed by atoms with Crippen molar-refractivity contribution < 1.29 is 33.7 Å². The average molecular weight is 282 g/mol. The molecule has 1 fully saturated rings. The third kappa shape index (κ3) is 4.00. The summed E-state index contributed by atoms with van der Waals surface area (Å²) in [7, 11) is 0. The summed E-state index contributed by atoms with van der Waals surface area (Å²) in [5.41, 5.74) is 0. The Bertz CT molecular complexity index is 342. The minimum atomic E-state index is -2.79. The summed E-state index contributed by atoms with van der Waals surface area (Å²) < 4.78 is 24.7. The maximum Gasteiger partial charge on any atom is 0.326 e. The molecule has 0 spiro atoms. The van der Waals surface area contributed by atoms with Gasteiger partial charge in [-0.15, -0.1) is 0 Å². The summed E-state index contributed by atoms with van der Waals surface area (Å²) in [6, 6.07) is -2.15. The van der Waals surface area contributed by atoms with Crippen molar-refractivity contribution in [2.24, 2.45) is 0 Å². The predicted octanol–water partition coefficient (Wildman–Crippen LogP) is -0.814. The number of aliphatic carboxylic acids is 1. The molecule has 19 heavy (non-hydrogen) atoms. The van der Waals surface area contributed by atoms with Gasteiger partial charge in [-0.3, -0.25) is 0 Å². The summed E-state index contributed by atoms with van der Waals surface area (Å²) in [6.07, 6.45) is -3.92. The van der Waals surface area contributed by atoms with Crippen molar-refractivity contribution in [2.45, 2.75) is 25.0 Å². The third-order valence-electron chi connectivity index (χ3n) is 2.81. The van der Waals surface area contributed by atoms with Crippen molar-refractivity contribution in [3.05, 3.63) is 0 Å². The van der Waals surface area contributed by atoms with E-state index in [0.717, 1.165) is 4.90 Å². The van der Waals surface area contributed by atoms with Gasteiger partial charge < -0.3 is 25.1 Å². The molecule has 0 aromatic carbocycles. The number of amides is 2. The van der Waals surface area contributed by atoms with Crippen LogP contribution >= 0.6 is 0 Å². The van der Waals surface area contributed by atoms with E-state index < -0.39 is 43.7 Å². The van der Waals surface area contributed by atoms with E-state index in [4.69, 9.17) is 10.2 Å². The van der Waals surface area contributed by atoms with Gasteiger partial charge in [0.15, 0.2) is 0 Å². The Hall–Kier alpha value is -1.48. The van der Waals surface area contributed by atoms with Crippen molar-refractivity contribution in [1.29, 1.82) is 0 Å². The molecule has 1 saturated heterocycles. The molecule has 0 aliphatic carbocycles. The Kier molecular flexibility index (Phi) is 5.43. The second-order valence-electron chi connectivity index (χ2n) is 4.24. The number of urea groups is 1. The molecule has 3 N–H and O–H groups in total.